The zero-order valence-corrected chi connectivity index (χ0v) is 11.5. The molecule has 5 nitrogen and oxygen atoms in total. The third kappa shape index (κ3) is 3.70. The molecule has 7 heteroatoms. The van der Waals surface area contributed by atoms with Crippen molar-refractivity contribution in [2.75, 3.05) is 12.4 Å². The van der Waals surface area contributed by atoms with E-state index in [1.54, 1.807) is 18.2 Å². The van der Waals surface area contributed by atoms with Gasteiger partial charge in [0.2, 0.25) is 0 Å². The highest BCUT2D eigenvalue weighted by Crippen LogP contribution is 2.16. The molecule has 0 saturated carbocycles. The van der Waals surface area contributed by atoms with Crippen LogP contribution in [0.25, 0.3) is 10.9 Å². The lowest BCUT2D eigenvalue weighted by molar-refractivity contribution is 0.113. The van der Waals surface area contributed by atoms with Crippen LogP contribution in [0, 0.1) is 0 Å². The Labute approximate surface area is 118 Å². The molecule has 2 aromatic rings. The molecule has 3 N–H and O–H groups in total. The number of nitrogens with zero attached hydrogens (tertiary/aromatic N) is 1. The van der Waals surface area contributed by atoms with Crippen molar-refractivity contribution in [3.63, 3.8) is 0 Å². The second kappa shape index (κ2) is 6.38. The minimum atomic E-state index is -0.754. The second-order valence-corrected chi connectivity index (χ2v) is 5.49. The predicted octanol–water partition coefficient (Wildman–Crippen LogP) is 1.16. The number of thioether (sulfide) groups is 1. The molecule has 19 heavy (non-hydrogen) atoms. The Kier molecular flexibility index (Phi) is 4.81. The molecule has 1 aromatic heterocycles. The van der Waals surface area contributed by atoms with Gasteiger partial charge < -0.3 is 15.2 Å². The van der Waals surface area contributed by atoms with Gasteiger partial charge in [-0.3, -0.25) is 4.79 Å². The van der Waals surface area contributed by atoms with Crippen LogP contribution in [-0.4, -0.2) is 38.6 Å². The van der Waals surface area contributed by atoms with E-state index in [2.05, 4.69) is 9.97 Å². The summed E-state index contributed by atoms with van der Waals surface area (Å²) in [6, 6.07) is 4.96. The van der Waals surface area contributed by atoms with Gasteiger partial charge in [0.1, 0.15) is 5.82 Å². The molecule has 0 saturated heterocycles. The van der Waals surface area contributed by atoms with E-state index in [4.69, 9.17) is 16.7 Å². The summed E-state index contributed by atoms with van der Waals surface area (Å²) >= 11 is 7.22. The maximum Gasteiger partial charge on any atom is 0.258 e. The zero-order chi connectivity index (χ0) is 13.8. The maximum absolute atomic E-state index is 11.9. The van der Waals surface area contributed by atoms with E-state index in [9.17, 15) is 9.90 Å². The smallest absolute Gasteiger partial charge is 0.258 e. The van der Waals surface area contributed by atoms with Gasteiger partial charge in [-0.05, 0) is 18.2 Å². The number of fused-ring (bicyclic) bond motifs is 1. The van der Waals surface area contributed by atoms with Gasteiger partial charge in [0, 0.05) is 10.8 Å². The molecule has 0 bridgehead atoms. The van der Waals surface area contributed by atoms with Crippen LogP contribution >= 0.6 is 23.4 Å². The van der Waals surface area contributed by atoms with Crippen LogP contribution in [0.5, 0.6) is 0 Å². The molecule has 1 atom stereocenters. The molecule has 0 spiro atoms. The van der Waals surface area contributed by atoms with Gasteiger partial charge in [0.25, 0.3) is 5.56 Å². The number of nitrogens with one attached hydrogen (secondary N) is 1. The standard InChI is InChI=1S/C12H13ClN2O3S/c13-7-1-2-10-9(3-7)12(18)15-11(14-10)6-19-5-8(17)4-16/h1-3,8,16-17H,4-6H2,(H,14,15,18). The van der Waals surface area contributed by atoms with Crippen molar-refractivity contribution >= 4 is 34.3 Å². The molecule has 0 aliphatic rings. The van der Waals surface area contributed by atoms with E-state index in [0.717, 1.165) is 0 Å². The highest BCUT2D eigenvalue weighted by Gasteiger charge is 2.06. The Hall–Kier alpha value is -1.08. The van der Waals surface area contributed by atoms with Crippen molar-refractivity contribution in [3.8, 4) is 0 Å². The third-order valence-corrected chi connectivity index (χ3v) is 3.81. The van der Waals surface area contributed by atoms with Crippen LogP contribution in [0.4, 0.5) is 0 Å². The topological polar surface area (TPSA) is 86.2 Å². The van der Waals surface area contributed by atoms with Crippen LogP contribution in [-0.2, 0) is 5.75 Å². The first-order chi connectivity index (χ1) is 9.10. The Balaban J connectivity index is 2.17. The zero-order valence-electron chi connectivity index (χ0n) is 9.97. The first kappa shape index (κ1) is 14.3. The number of halogens is 1. The normalized spacial score (nSPS) is 12.8. The van der Waals surface area contributed by atoms with Gasteiger partial charge in [0.15, 0.2) is 0 Å². The number of hydrogen-bond donors (Lipinski definition) is 3. The van der Waals surface area contributed by atoms with Crippen LogP contribution in [0.1, 0.15) is 5.82 Å². The lowest BCUT2D eigenvalue weighted by atomic mass is 10.2. The predicted molar refractivity (Wildman–Crippen MR) is 76.6 cm³/mol. The number of aromatic amines is 1. The molecule has 0 fully saturated rings. The highest BCUT2D eigenvalue weighted by molar-refractivity contribution is 7.98. The third-order valence-electron chi connectivity index (χ3n) is 2.48. The van der Waals surface area contributed by atoms with Gasteiger partial charge in [-0.1, -0.05) is 11.6 Å². The second-order valence-electron chi connectivity index (χ2n) is 4.03. The average Bonchev–Trinajstić information content (AvgIpc) is 2.39. The molecule has 0 aliphatic heterocycles. The maximum atomic E-state index is 11.9. The largest absolute Gasteiger partial charge is 0.394 e. The lowest BCUT2D eigenvalue weighted by Gasteiger charge is -2.06. The number of aliphatic hydroxyl groups excluding tert-OH is 2. The van der Waals surface area contributed by atoms with E-state index in [-0.39, 0.29) is 12.2 Å². The van der Waals surface area contributed by atoms with Gasteiger partial charge in [-0.25, -0.2) is 4.98 Å². The lowest BCUT2D eigenvalue weighted by Crippen LogP contribution is -2.16. The number of H-pyrrole nitrogens is 1. The van der Waals surface area contributed by atoms with E-state index >= 15 is 0 Å². The van der Waals surface area contributed by atoms with Crippen LogP contribution in [0.3, 0.4) is 0 Å². The first-order valence-electron chi connectivity index (χ1n) is 5.65. The molecule has 1 unspecified atom stereocenters. The molecule has 2 rings (SSSR count). The average molecular weight is 301 g/mol. The fraction of sp³-hybridized carbons (Fsp3) is 0.333. The van der Waals surface area contributed by atoms with Gasteiger partial charge in [0.05, 0.1) is 29.4 Å². The molecule has 1 heterocycles. The van der Waals surface area contributed by atoms with E-state index in [1.165, 1.54) is 11.8 Å². The van der Waals surface area contributed by atoms with Crippen LogP contribution in [0.2, 0.25) is 5.02 Å². The van der Waals surface area contributed by atoms with Crippen LogP contribution in [0.15, 0.2) is 23.0 Å². The summed E-state index contributed by atoms with van der Waals surface area (Å²) in [5, 5.41) is 18.9. The summed E-state index contributed by atoms with van der Waals surface area (Å²) in [5.74, 6) is 1.39. The van der Waals surface area contributed by atoms with Crippen molar-refractivity contribution < 1.29 is 10.2 Å². The molecule has 1 aromatic carbocycles. The fourth-order valence-corrected chi connectivity index (χ4v) is 2.57. The van der Waals surface area contributed by atoms with Crippen molar-refractivity contribution in [1.29, 1.82) is 0 Å². The van der Waals surface area contributed by atoms with E-state index in [0.29, 0.717) is 33.3 Å². The van der Waals surface area contributed by atoms with Gasteiger partial charge >= 0.3 is 0 Å². The number of benzene rings is 1. The van der Waals surface area contributed by atoms with Crippen molar-refractivity contribution in [3.05, 3.63) is 39.4 Å². The summed E-state index contributed by atoms with van der Waals surface area (Å²) in [7, 11) is 0. The number of aliphatic hydroxyl groups is 2. The Bertz CT molecular complexity index is 632. The molecule has 102 valence electrons. The van der Waals surface area contributed by atoms with Crippen LogP contribution < -0.4 is 5.56 Å². The van der Waals surface area contributed by atoms with Crippen molar-refractivity contribution in [2.24, 2.45) is 0 Å². The summed E-state index contributed by atoms with van der Waals surface area (Å²) in [6.45, 7) is -0.271. The summed E-state index contributed by atoms with van der Waals surface area (Å²) in [5.41, 5.74) is 0.359. The molecular formula is C12H13ClN2O3S. The monoisotopic (exact) mass is 300 g/mol. The first-order valence-corrected chi connectivity index (χ1v) is 7.18. The highest BCUT2D eigenvalue weighted by atomic mass is 35.5. The van der Waals surface area contributed by atoms with Gasteiger partial charge in [-0.2, -0.15) is 11.8 Å². The minimum absolute atomic E-state index is 0.231. The number of aromatic nitrogens is 2. The quantitative estimate of drug-likeness (QED) is 0.771. The minimum Gasteiger partial charge on any atom is -0.394 e. The summed E-state index contributed by atoms with van der Waals surface area (Å²) < 4.78 is 0. The molecule has 0 amide bonds. The number of rotatable bonds is 5. The molecular weight excluding hydrogens is 288 g/mol. The van der Waals surface area contributed by atoms with E-state index in [1.807, 2.05) is 0 Å². The Morgan fingerprint density at radius 2 is 2.26 bits per heavy atom. The SMILES string of the molecule is O=c1[nH]c(CSCC(O)CO)nc2ccc(Cl)cc12. The van der Waals surface area contributed by atoms with E-state index < -0.39 is 6.10 Å². The van der Waals surface area contributed by atoms with Crippen molar-refractivity contribution in [1.82, 2.24) is 9.97 Å². The Morgan fingerprint density at radius 1 is 1.47 bits per heavy atom. The molecule has 0 aliphatic carbocycles. The summed E-state index contributed by atoms with van der Waals surface area (Å²) in [4.78, 5) is 18.9. The molecule has 0 radical (unpaired) electrons. The number of hydrogen-bond acceptors (Lipinski definition) is 5. The van der Waals surface area contributed by atoms with Gasteiger partial charge in [-0.15, -0.1) is 0 Å². The fourth-order valence-electron chi connectivity index (χ4n) is 1.57. The Morgan fingerprint density at radius 3 is 3.00 bits per heavy atom. The van der Waals surface area contributed by atoms with Crippen molar-refractivity contribution in [2.45, 2.75) is 11.9 Å². The summed E-state index contributed by atoms with van der Waals surface area (Å²) in [6.07, 6.45) is -0.754.